The average molecular weight is 394 g/mol. The average Bonchev–Trinajstić information content (AvgIpc) is 2.67. The first kappa shape index (κ1) is 20.1. The van der Waals surface area contributed by atoms with Crippen LogP contribution in [0.5, 0.6) is 0 Å². The van der Waals surface area contributed by atoms with Crippen molar-refractivity contribution < 1.29 is 14.5 Å². The van der Waals surface area contributed by atoms with Gasteiger partial charge in [0.05, 0.1) is 16.5 Å². The van der Waals surface area contributed by atoms with Crippen molar-refractivity contribution in [3.8, 4) is 0 Å². The summed E-state index contributed by atoms with van der Waals surface area (Å²) in [5, 5.41) is 19.1. The predicted molar refractivity (Wildman–Crippen MR) is 109 cm³/mol. The van der Waals surface area contributed by atoms with E-state index in [2.05, 4.69) is 22.9 Å². The highest BCUT2D eigenvalue weighted by Crippen LogP contribution is 2.30. The van der Waals surface area contributed by atoms with Crippen molar-refractivity contribution >= 4 is 23.3 Å². The Bertz CT molecular complexity index is 1030. The van der Waals surface area contributed by atoms with Crippen molar-refractivity contribution in [1.82, 2.24) is 10.6 Å². The zero-order chi connectivity index (χ0) is 21.1. The van der Waals surface area contributed by atoms with Crippen molar-refractivity contribution in [2.75, 3.05) is 5.32 Å². The van der Waals surface area contributed by atoms with Crippen molar-refractivity contribution in [2.45, 2.75) is 33.2 Å². The minimum atomic E-state index is -0.631. The summed E-state index contributed by atoms with van der Waals surface area (Å²) in [5.41, 5.74) is 3.91. The van der Waals surface area contributed by atoms with Gasteiger partial charge in [-0.3, -0.25) is 14.9 Å². The molecular weight excluding hydrogens is 372 g/mol. The molecular formula is C21H22N4O4. The fourth-order valence-corrected chi connectivity index (χ4v) is 3.41. The topological polar surface area (TPSA) is 113 Å². The summed E-state index contributed by atoms with van der Waals surface area (Å²) in [5.74, 6) is -0.445. The quantitative estimate of drug-likeness (QED) is 0.529. The fourth-order valence-electron chi connectivity index (χ4n) is 3.41. The third-order valence-corrected chi connectivity index (χ3v) is 4.88. The Hall–Kier alpha value is -3.68. The van der Waals surface area contributed by atoms with Crippen molar-refractivity contribution in [2.24, 2.45) is 0 Å². The summed E-state index contributed by atoms with van der Waals surface area (Å²) < 4.78 is 0. The molecule has 150 valence electrons. The lowest BCUT2D eigenvalue weighted by Crippen LogP contribution is -2.46. The van der Waals surface area contributed by atoms with Gasteiger partial charge in [-0.05, 0) is 43.0 Å². The first-order chi connectivity index (χ1) is 13.8. The van der Waals surface area contributed by atoms with Gasteiger partial charge in [-0.1, -0.05) is 31.2 Å². The van der Waals surface area contributed by atoms with Crippen LogP contribution in [-0.4, -0.2) is 16.9 Å². The van der Waals surface area contributed by atoms with Crippen LogP contribution in [0.15, 0.2) is 53.7 Å². The van der Waals surface area contributed by atoms with E-state index in [-0.39, 0.29) is 5.69 Å². The molecule has 0 spiro atoms. The zero-order valence-electron chi connectivity index (χ0n) is 16.4. The highest BCUT2D eigenvalue weighted by atomic mass is 16.6. The van der Waals surface area contributed by atoms with Crippen molar-refractivity contribution in [3.63, 3.8) is 0 Å². The third-order valence-electron chi connectivity index (χ3n) is 4.88. The fraction of sp³-hybridized carbons (Fsp3) is 0.238. The van der Waals surface area contributed by atoms with Gasteiger partial charge >= 0.3 is 6.03 Å². The van der Waals surface area contributed by atoms with Crippen LogP contribution in [0, 0.1) is 17.0 Å². The maximum atomic E-state index is 13.1. The molecule has 1 aliphatic heterocycles. The summed E-state index contributed by atoms with van der Waals surface area (Å²) in [6, 6.07) is 10.6. The van der Waals surface area contributed by atoms with Crippen molar-refractivity contribution in [3.05, 3.63) is 80.5 Å². The monoisotopic (exact) mass is 394 g/mol. The Morgan fingerprint density at radius 2 is 1.97 bits per heavy atom. The van der Waals surface area contributed by atoms with E-state index >= 15 is 0 Å². The molecule has 8 heteroatoms. The molecule has 29 heavy (non-hydrogen) atoms. The number of hydrogen-bond donors (Lipinski definition) is 3. The SMILES string of the molecule is CCc1ccc(C2NC(=O)NC(C)=C2C(=O)Nc2cccc([N+](=O)[O-])c2)c(C)c1. The van der Waals surface area contributed by atoms with E-state index in [1.54, 1.807) is 13.0 Å². The van der Waals surface area contributed by atoms with Gasteiger partial charge in [0.1, 0.15) is 0 Å². The van der Waals surface area contributed by atoms with E-state index in [9.17, 15) is 19.7 Å². The Kier molecular flexibility index (Phi) is 5.63. The van der Waals surface area contributed by atoms with Crippen molar-refractivity contribution in [1.29, 1.82) is 0 Å². The van der Waals surface area contributed by atoms with Crippen LogP contribution in [0.4, 0.5) is 16.2 Å². The number of allylic oxidation sites excluding steroid dienone is 1. The van der Waals surface area contributed by atoms with E-state index in [1.807, 2.05) is 25.1 Å². The van der Waals surface area contributed by atoms with Crippen LogP contribution in [-0.2, 0) is 11.2 Å². The summed E-state index contributed by atoms with van der Waals surface area (Å²) >= 11 is 0. The minimum absolute atomic E-state index is 0.119. The molecule has 2 aromatic rings. The highest BCUT2D eigenvalue weighted by molar-refractivity contribution is 6.07. The number of carbonyl (C=O) groups excluding carboxylic acids is 2. The number of urea groups is 1. The van der Waals surface area contributed by atoms with E-state index in [0.717, 1.165) is 23.1 Å². The molecule has 3 amide bonds. The largest absolute Gasteiger partial charge is 0.327 e. The standard InChI is InChI=1S/C21H22N4O4/c1-4-14-8-9-17(12(2)10-14)19-18(13(3)22-21(27)24-19)20(26)23-15-6-5-7-16(11-15)25(28)29/h5-11,19H,4H2,1-3H3,(H,23,26)(H2,22,24,27). The number of aryl methyl sites for hydroxylation is 2. The van der Waals surface area contributed by atoms with Crippen LogP contribution in [0.2, 0.25) is 0 Å². The molecule has 2 aromatic carbocycles. The molecule has 0 bridgehead atoms. The van der Waals surface area contributed by atoms with Gasteiger partial charge in [-0.25, -0.2) is 4.79 Å². The molecule has 1 heterocycles. The lowest BCUT2D eigenvalue weighted by Gasteiger charge is -2.29. The van der Waals surface area contributed by atoms with E-state index < -0.39 is 22.9 Å². The molecule has 8 nitrogen and oxygen atoms in total. The third kappa shape index (κ3) is 4.26. The number of nitro benzene ring substituents is 1. The lowest BCUT2D eigenvalue weighted by atomic mass is 9.90. The van der Waals surface area contributed by atoms with Gasteiger partial charge in [-0.2, -0.15) is 0 Å². The second-order valence-corrected chi connectivity index (χ2v) is 6.88. The number of rotatable bonds is 5. The number of carbonyl (C=O) groups is 2. The number of benzene rings is 2. The summed E-state index contributed by atoms with van der Waals surface area (Å²) in [4.78, 5) is 35.6. The Morgan fingerprint density at radius 1 is 1.21 bits per heavy atom. The minimum Gasteiger partial charge on any atom is -0.327 e. The van der Waals surface area contributed by atoms with Crippen LogP contribution in [0.25, 0.3) is 0 Å². The second kappa shape index (κ2) is 8.14. The van der Waals surface area contributed by atoms with Gasteiger partial charge in [-0.15, -0.1) is 0 Å². The molecule has 1 atom stereocenters. The first-order valence-electron chi connectivity index (χ1n) is 9.23. The maximum absolute atomic E-state index is 13.1. The Morgan fingerprint density at radius 3 is 2.62 bits per heavy atom. The molecule has 0 fully saturated rings. The van der Waals surface area contributed by atoms with Crippen LogP contribution in [0.1, 0.15) is 36.6 Å². The number of hydrogen-bond acceptors (Lipinski definition) is 4. The molecule has 0 aliphatic carbocycles. The first-order valence-corrected chi connectivity index (χ1v) is 9.23. The van der Waals surface area contributed by atoms with Gasteiger partial charge < -0.3 is 16.0 Å². The molecule has 0 saturated heterocycles. The lowest BCUT2D eigenvalue weighted by molar-refractivity contribution is -0.384. The molecule has 3 rings (SSSR count). The summed E-state index contributed by atoms with van der Waals surface area (Å²) in [6.45, 7) is 5.65. The van der Waals surface area contributed by atoms with E-state index in [4.69, 9.17) is 0 Å². The number of non-ortho nitro benzene ring substituents is 1. The van der Waals surface area contributed by atoms with Gasteiger partial charge in [0, 0.05) is 23.5 Å². The van der Waals surface area contributed by atoms with Crippen LogP contribution >= 0.6 is 0 Å². The number of nitro groups is 1. The molecule has 0 saturated carbocycles. The molecule has 0 radical (unpaired) electrons. The van der Waals surface area contributed by atoms with E-state index in [1.165, 1.54) is 18.2 Å². The normalized spacial score (nSPS) is 16.1. The Balaban J connectivity index is 1.96. The van der Waals surface area contributed by atoms with Crippen LogP contribution < -0.4 is 16.0 Å². The summed E-state index contributed by atoms with van der Waals surface area (Å²) in [7, 11) is 0. The van der Waals surface area contributed by atoms with Gasteiger partial charge in [0.2, 0.25) is 0 Å². The van der Waals surface area contributed by atoms with Crippen LogP contribution in [0.3, 0.4) is 0 Å². The number of anilines is 1. The maximum Gasteiger partial charge on any atom is 0.319 e. The Labute approximate surface area is 168 Å². The highest BCUT2D eigenvalue weighted by Gasteiger charge is 2.32. The van der Waals surface area contributed by atoms with Gasteiger partial charge in [0.15, 0.2) is 0 Å². The molecule has 3 N–H and O–H groups in total. The molecule has 1 unspecified atom stereocenters. The second-order valence-electron chi connectivity index (χ2n) is 6.88. The summed E-state index contributed by atoms with van der Waals surface area (Å²) in [6.07, 6.45) is 0.884. The zero-order valence-corrected chi connectivity index (χ0v) is 16.4. The molecule has 1 aliphatic rings. The molecule has 0 aromatic heterocycles. The smallest absolute Gasteiger partial charge is 0.319 e. The number of nitrogens with zero attached hydrogens (tertiary/aromatic N) is 1. The number of amides is 3. The number of nitrogens with one attached hydrogen (secondary N) is 3. The van der Waals surface area contributed by atoms with Gasteiger partial charge in [0.25, 0.3) is 11.6 Å². The predicted octanol–water partition coefficient (Wildman–Crippen LogP) is 3.73. The van der Waals surface area contributed by atoms with E-state index in [0.29, 0.717) is 17.0 Å².